The fourth-order valence-electron chi connectivity index (χ4n) is 6.34. The standard InChI is InChI=1S/C38H56N6O8S2/c1-23(2)21-52-36(51)42-31(37(3,4)5)35(50)44-22-38(53-16-11-17-54-38)19-27(44)32(47)40-26(18-24-14-15-24)30(46)33(48)39-20-28(45)41-29(34(49)43(6)7)25-12-9-8-10-13-25/h8-10,12-13,23-24,26-27,29,31H,11,14-22H2,1-7H3,(H,39,48)(H,40,47)(H,41,45)(H,42,51). The molecule has 6 amide bonds. The van der Waals surface area contributed by atoms with Crippen LogP contribution in [-0.2, 0) is 33.5 Å². The number of ether oxygens (including phenoxy) is 1. The molecule has 2 saturated heterocycles. The zero-order valence-electron chi connectivity index (χ0n) is 32.4. The van der Waals surface area contributed by atoms with Crippen LogP contribution in [0.25, 0.3) is 0 Å². The molecule has 1 saturated carbocycles. The Kier molecular flexibility index (Phi) is 14.9. The second-order valence-electron chi connectivity index (χ2n) is 16.0. The summed E-state index contributed by atoms with van der Waals surface area (Å²) in [6.07, 6.45) is 2.55. The molecule has 4 atom stereocenters. The molecule has 1 aliphatic carbocycles. The number of thioether (sulfide) groups is 2. The monoisotopic (exact) mass is 788 g/mol. The maximum absolute atomic E-state index is 14.4. The molecule has 54 heavy (non-hydrogen) atoms. The Morgan fingerprint density at radius 2 is 1.61 bits per heavy atom. The van der Waals surface area contributed by atoms with Crippen molar-refractivity contribution in [3.05, 3.63) is 35.9 Å². The summed E-state index contributed by atoms with van der Waals surface area (Å²) in [4.78, 5) is 96.9. The number of Topliss-reactive ketones (excluding diaryl/α,β-unsaturated/α-hetero) is 1. The van der Waals surface area contributed by atoms with Gasteiger partial charge in [-0.1, -0.05) is 77.8 Å². The first-order valence-corrected chi connectivity index (χ1v) is 20.6. The Labute approximate surface area is 326 Å². The largest absolute Gasteiger partial charge is 0.449 e. The highest BCUT2D eigenvalue weighted by Crippen LogP contribution is 2.50. The van der Waals surface area contributed by atoms with E-state index in [-0.39, 0.29) is 37.3 Å². The van der Waals surface area contributed by atoms with Crippen molar-refractivity contribution in [1.82, 2.24) is 31.1 Å². The van der Waals surface area contributed by atoms with Crippen molar-refractivity contribution in [3.63, 3.8) is 0 Å². The lowest BCUT2D eigenvalue weighted by Crippen LogP contribution is -2.59. The van der Waals surface area contributed by atoms with Crippen molar-refractivity contribution >= 4 is 64.9 Å². The molecule has 0 bridgehead atoms. The predicted octanol–water partition coefficient (Wildman–Crippen LogP) is 2.87. The van der Waals surface area contributed by atoms with Gasteiger partial charge in [-0.15, -0.1) is 23.5 Å². The normalized spacial score (nSPS) is 19.6. The summed E-state index contributed by atoms with van der Waals surface area (Å²) < 4.78 is 4.90. The fourth-order valence-corrected chi connectivity index (χ4v) is 9.69. The van der Waals surface area contributed by atoms with Crippen molar-refractivity contribution < 1.29 is 38.3 Å². The fraction of sp³-hybridized carbons (Fsp3) is 0.658. The molecule has 0 aromatic heterocycles. The molecule has 4 N–H and O–H groups in total. The van der Waals surface area contributed by atoms with Crippen molar-refractivity contribution in [2.75, 3.05) is 45.3 Å². The summed E-state index contributed by atoms with van der Waals surface area (Å²) in [5.74, 6) is -1.99. The summed E-state index contributed by atoms with van der Waals surface area (Å²) >= 11 is 3.42. The van der Waals surface area contributed by atoms with Gasteiger partial charge < -0.3 is 35.8 Å². The zero-order valence-corrected chi connectivity index (χ0v) is 34.0. The van der Waals surface area contributed by atoms with Gasteiger partial charge in [-0.25, -0.2) is 4.79 Å². The van der Waals surface area contributed by atoms with Crippen LogP contribution < -0.4 is 21.3 Å². The molecule has 16 heteroatoms. The Bertz CT molecular complexity index is 1540. The smallest absolute Gasteiger partial charge is 0.407 e. The number of nitrogens with zero attached hydrogens (tertiary/aromatic N) is 2. The maximum atomic E-state index is 14.4. The number of carbonyl (C=O) groups excluding carboxylic acids is 7. The number of nitrogens with one attached hydrogen (secondary N) is 4. The number of hydrogen-bond acceptors (Lipinski definition) is 10. The van der Waals surface area contributed by atoms with Crippen LogP contribution in [0.4, 0.5) is 4.79 Å². The molecule has 2 aliphatic heterocycles. The third-order valence-electron chi connectivity index (χ3n) is 9.48. The first kappa shape index (κ1) is 42.9. The van der Waals surface area contributed by atoms with Gasteiger partial charge in [0.15, 0.2) is 0 Å². The van der Waals surface area contributed by atoms with E-state index in [2.05, 4.69) is 21.3 Å². The molecule has 3 aliphatic rings. The molecular weight excluding hydrogens is 733 g/mol. The molecule has 0 radical (unpaired) electrons. The summed E-state index contributed by atoms with van der Waals surface area (Å²) in [5, 5.41) is 10.6. The maximum Gasteiger partial charge on any atom is 0.407 e. The number of carbonyl (C=O) groups is 7. The topological polar surface area (TPSA) is 183 Å². The Morgan fingerprint density at radius 3 is 2.19 bits per heavy atom. The molecule has 4 rings (SSSR count). The van der Waals surface area contributed by atoms with E-state index in [0.717, 1.165) is 30.8 Å². The molecule has 14 nitrogen and oxygen atoms in total. The van der Waals surface area contributed by atoms with Gasteiger partial charge in [0.05, 0.1) is 23.3 Å². The molecule has 3 fully saturated rings. The molecule has 1 aromatic carbocycles. The quantitative estimate of drug-likeness (QED) is 0.193. The van der Waals surface area contributed by atoms with Gasteiger partial charge in [0.2, 0.25) is 29.4 Å². The summed E-state index contributed by atoms with van der Waals surface area (Å²) in [7, 11) is 3.13. The lowest BCUT2D eigenvalue weighted by atomic mass is 9.85. The van der Waals surface area contributed by atoms with E-state index in [1.54, 1.807) is 68.0 Å². The van der Waals surface area contributed by atoms with E-state index in [9.17, 15) is 33.6 Å². The summed E-state index contributed by atoms with van der Waals surface area (Å²) in [6, 6.07) is 4.53. The lowest BCUT2D eigenvalue weighted by molar-refractivity contribution is -0.144. The highest BCUT2D eigenvalue weighted by molar-refractivity contribution is 8.18. The van der Waals surface area contributed by atoms with Crippen molar-refractivity contribution in [1.29, 1.82) is 0 Å². The number of likely N-dealkylation sites (tertiary alicyclic amines) is 1. The van der Waals surface area contributed by atoms with E-state index in [0.29, 0.717) is 12.0 Å². The van der Waals surface area contributed by atoms with Crippen LogP contribution in [-0.4, -0.2) is 119 Å². The van der Waals surface area contributed by atoms with Crippen molar-refractivity contribution in [2.45, 2.75) is 95.0 Å². The number of likely N-dealkylation sites (N-methyl/N-ethyl adjacent to an activating group) is 1. The van der Waals surface area contributed by atoms with Gasteiger partial charge in [0.25, 0.3) is 5.91 Å². The van der Waals surface area contributed by atoms with Gasteiger partial charge in [-0.05, 0) is 47.2 Å². The number of rotatable bonds is 15. The van der Waals surface area contributed by atoms with Gasteiger partial charge in [0, 0.05) is 27.1 Å². The molecule has 1 aromatic rings. The van der Waals surface area contributed by atoms with Crippen LogP contribution in [0.15, 0.2) is 30.3 Å². The first-order valence-electron chi connectivity index (χ1n) is 18.6. The SMILES string of the molecule is CC(C)COC(=O)NC(C(=O)N1CC2(CC1C(=O)NC(CC1CC1)C(=O)C(=O)NCC(=O)NC(C(=O)N(C)C)c1ccccc1)SCCCS2)C(C)(C)C. The minimum Gasteiger partial charge on any atom is -0.449 e. The minimum absolute atomic E-state index is 0.0997. The number of alkyl carbamates (subject to hydrolysis) is 1. The minimum atomic E-state index is -1.18. The zero-order chi connectivity index (χ0) is 39.8. The van der Waals surface area contributed by atoms with Gasteiger partial charge >= 0.3 is 6.09 Å². The van der Waals surface area contributed by atoms with Crippen LogP contribution in [0.1, 0.15) is 78.3 Å². The summed E-state index contributed by atoms with van der Waals surface area (Å²) in [5.41, 5.74) is -0.172. The highest BCUT2D eigenvalue weighted by atomic mass is 32.2. The van der Waals surface area contributed by atoms with E-state index in [4.69, 9.17) is 4.74 Å². The first-order chi connectivity index (χ1) is 25.4. The average molecular weight is 789 g/mol. The Hall–Kier alpha value is -3.79. The van der Waals surface area contributed by atoms with E-state index in [1.165, 1.54) is 9.80 Å². The van der Waals surface area contributed by atoms with Gasteiger partial charge in [0.1, 0.15) is 18.1 Å². The molecule has 1 spiro atoms. The van der Waals surface area contributed by atoms with Gasteiger partial charge in [-0.2, -0.15) is 0 Å². The Balaban J connectivity index is 1.48. The molecular formula is C38H56N6O8S2. The number of amides is 6. The average Bonchev–Trinajstić information content (AvgIpc) is 3.88. The highest BCUT2D eigenvalue weighted by Gasteiger charge is 2.53. The molecule has 298 valence electrons. The third kappa shape index (κ3) is 11.9. The van der Waals surface area contributed by atoms with E-state index in [1.807, 2.05) is 34.6 Å². The number of hydrogen-bond donors (Lipinski definition) is 4. The third-order valence-corrected chi connectivity index (χ3v) is 12.8. The predicted molar refractivity (Wildman–Crippen MR) is 208 cm³/mol. The number of benzene rings is 1. The van der Waals surface area contributed by atoms with Crippen molar-refractivity contribution in [3.8, 4) is 0 Å². The van der Waals surface area contributed by atoms with Crippen LogP contribution in [0.3, 0.4) is 0 Å². The Morgan fingerprint density at radius 1 is 0.963 bits per heavy atom. The van der Waals surface area contributed by atoms with Crippen LogP contribution in [0.5, 0.6) is 0 Å². The van der Waals surface area contributed by atoms with E-state index < -0.39 is 75.7 Å². The molecule has 4 unspecified atom stereocenters. The number of ketones is 1. The van der Waals surface area contributed by atoms with Crippen molar-refractivity contribution in [2.24, 2.45) is 17.3 Å². The second-order valence-corrected chi connectivity index (χ2v) is 19.2. The van der Waals surface area contributed by atoms with Crippen LogP contribution in [0.2, 0.25) is 0 Å². The summed E-state index contributed by atoms with van der Waals surface area (Å²) in [6.45, 7) is 9.18. The van der Waals surface area contributed by atoms with Gasteiger partial charge in [-0.3, -0.25) is 28.8 Å². The second kappa shape index (κ2) is 18.7. The lowest BCUT2D eigenvalue weighted by Gasteiger charge is -2.36. The van der Waals surface area contributed by atoms with Crippen LogP contribution >= 0.6 is 23.5 Å². The van der Waals surface area contributed by atoms with E-state index >= 15 is 0 Å². The van der Waals surface area contributed by atoms with Crippen LogP contribution in [0, 0.1) is 17.3 Å². The molecule has 2 heterocycles.